The Kier molecular flexibility index (Phi) is 7.67. The van der Waals surface area contributed by atoms with Gasteiger partial charge in [-0.05, 0) is 72.6 Å². The first-order chi connectivity index (χ1) is 17.2. The minimum absolute atomic E-state index is 0.0477. The number of hydrogen-bond acceptors (Lipinski definition) is 6. The number of nitrogens with one attached hydrogen (secondary N) is 1. The molecule has 2 heterocycles. The summed E-state index contributed by atoms with van der Waals surface area (Å²) < 4.78 is 44.0. The number of carbonyl (C=O) groups excluding carboxylic acids is 1. The first-order valence-corrected chi connectivity index (χ1v) is 11.6. The molecule has 3 aromatic rings. The van der Waals surface area contributed by atoms with Crippen LogP contribution in [0, 0.1) is 23.4 Å². The van der Waals surface area contributed by atoms with Crippen molar-refractivity contribution in [3.8, 4) is 11.3 Å². The van der Waals surface area contributed by atoms with E-state index in [1.165, 1.54) is 6.20 Å². The summed E-state index contributed by atoms with van der Waals surface area (Å²) in [6, 6.07) is 5.45. The van der Waals surface area contributed by atoms with Crippen LogP contribution in [0.3, 0.4) is 0 Å². The molecule has 1 aliphatic carbocycles. The predicted molar refractivity (Wildman–Crippen MR) is 128 cm³/mol. The van der Waals surface area contributed by atoms with E-state index in [0.717, 1.165) is 49.1 Å². The van der Waals surface area contributed by atoms with E-state index in [4.69, 9.17) is 10.8 Å². The molecule has 1 aromatic carbocycles. The van der Waals surface area contributed by atoms with E-state index in [9.17, 15) is 23.1 Å². The zero-order chi connectivity index (χ0) is 26.0. The Morgan fingerprint density at radius 1 is 1.14 bits per heavy atom. The van der Waals surface area contributed by atoms with Gasteiger partial charge in [0.15, 0.2) is 0 Å². The molecule has 0 radical (unpaired) electrons. The number of nitrogens with zero attached hydrogens (tertiary/aromatic N) is 2. The summed E-state index contributed by atoms with van der Waals surface area (Å²) in [5.41, 5.74) is 5.58. The summed E-state index contributed by atoms with van der Waals surface area (Å²) >= 11 is 0. The molecule has 5 N–H and O–H groups in total. The summed E-state index contributed by atoms with van der Waals surface area (Å²) in [6.07, 6.45) is 4.22. The lowest BCUT2D eigenvalue weighted by atomic mass is 9.76. The minimum atomic E-state index is -1.51. The van der Waals surface area contributed by atoms with Crippen LogP contribution in [0.1, 0.15) is 59.8 Å². The third-order valence-corrected chi connectivity index (χ3v) is 6.46. The van der Waals surface area contributed by atoms with Crippen molar-refractivity contribution >= 4 is 11.6 Å². The van der Waals surface area contributed by atoms with Gasteiger partial charge in [-0.3, -0.25) is 9.78 Å². The summed E-state index contributed by atoms with van der Waals surface area (Å²) in [5.74, 6) is -3.59. The maximum absolute atomic E-state index is 14.7. The highest BCUT2D eigenvalue weighted by Gasteiger charge is 2.28. The second-order valence-corrected chi connectivity index (χ2v) is 9.27. The minimum Gasteiger partial charge on any atom is -0.393 e. The second kappa shape index (κ2) is 10.7. The number of rotatable bonds is 6. The molecular formula is C26H27F3N4O3. The van der Waals surface area contributed by atoms with E-state index >= 15 is 0 Å². The fraction of sp³-hybridized carbons (Fsp3) is 0.346. The summed E-state index contributed by atoms with van der Waals surface area (Å²) in [7, 11) is 0. The van der Waals surface area contributed by atoms with Crippen molar-refractivity contribution in [2.75, 3.05) is 11.9 Å². The van der Waals surface area contributed by atoms with Crippen molar-refractivity contribution in [1.29, 1.82) is 0 Å². The Balaban J connectivity index is 1.64. The average Bonchev–Trinajstić information content (AvgIpc) is 2.83. The number of aromatic nitrogens is 2. The second-order valence-electron chi connectivity index (χ2n) is 9.27. The molecule has 4 atom stereocenters. The molecule has 36 heavy (non-hydrogen) atoms. The van der Waals surface area contributed by atoms with Crippen LogP contribution < -0.4 is 11.1 Å². The quantitative estimate of drug-likeness (QED) is 0.405. The third-order valence-electron chi connectivity index (χ3n) is 6.46. The van der Waals surface area contributed by atoms with E-state index < -0.39 is 47.3 Å². The fourth-order valence-corrected chi connectivity index (χ4v) is 4.82. The van der Waals surface area contributed by atoms with Gasteiger partial charge in [-0.1, -0.05) is 6.92 Å². The summed E-state index contributed by atoms with van der Waals surface area (Å²) in [6.45, 7) is 1.38. The maximum Gasteiger partial charge on any atom is 0.274 e. The van der Waals surface area contributed by atoms with Gasteiger partial charge in [0.1, 0.15) is 34.9 Å². The van der Waals surface area contributed by atoms with Crippen LogP contribution in [0.5, 0.6) is 0 Å². The third kappa shape index (κ3) is 5.40. The van der Waals surface area contributed by atoms with Crippen molar-refractivity contribution in [2.45, 2.75) is 44.2 Å². The molecule has 0 aliphatic heterocycles. The zero-order valence-electron chi connectivity index (χ0n) is 19.6. The Morgan fingerprint density at radius 3 is 2.53 bits per heavy atom. The molecule has 190 valence electrons. The Morgan fingerprint density at radius 2 is 1.86 bits per heavy atom. The molecule has 1 fully saturated rings. The number of hydrogen-bond donors (Lipinski definition) is 4. The predicted octanol–water partition coefficient (Wildman–Crippen LogP) is 4.07. The molecule has 0 saturated heterocycles. The number of amides is 1. The lowest BCUT2D eigenvalue weighted by molar-refractivity contribution is 0.0951. The van der Waals surface area contributed by atoms with E-state index in [-0.39, 0.29) is 23.2 Å². The maximum atomic E-state index is 14.7. The number of aliphatic hydroxyl groups excluding tert-OH is 2. The normalized spacial score (nSPS) is 20.7. The van der Waals surface area contributed by atoms with Crippen molar-refractivity contribution in [3.05, 3.63) is 77.0 Å². The highest BCUT2D eigenvalue weighted by Crippen LogP contribution is 2.38. The van der Waals surface area contributed by atoms with Crippen molar-refractivity contribution in [3.63, 3.8) is 0 Å². The van der Waals surface area contributed by atoms with Crippen LogP contribution in [0.25, 0.3) is 11.3 Å². The molecule has 0 spiro atoms. The number of anilines is 1. The Hall–Kier alpha value is -3.34. The largest absolute Gasteiger partial charge is 0.393 e. The lowest BCUT2D eigenvalue weighted by Crippen LogP contribution is -2.31. The van der Waals surface area contributed by atoms with Gasteiger partial charge in [-0.2, -0.15) is 0 Å². The summed E-state index contributed by atoms with van der Waals surface area (Å²) in [4.78, 5) is 21.0. The lowest BCUT2D eigenvalue weighted by Gasteiger charge is -2.32. The number of benzene rings is 1. The first kappa shape index (κ1) is 25.7. The molecule has 1 amide bonds. The van der Waals surface area contributed by atoms with Gasteiger partial charge in [0.2, 0.25) is 0 Å². The van der Waals surface area contributed by atoms with Gasteiger partial charge in [0.25, 0.3) is 5.91 Å². The van der Waals surface area contributed by atoms with Gasteiger partial charge < -0.3 is 21.3 Å². The van der Waals surface area contributed by atoms with Crippen LogP contribution >= 0.6 is 0 Å². The van der Waals surface area contributed by atoms with E-state index in [1.807, 2.05) is 6.07 Å². The number of halogens is 3. The van der Waals surface area contributed by atoms with E-state index in [1.54, 1.807) is 6.20 Å². The SMILES string of the molecule is CC1CC(N)CC(c2ccncc2NC(=O)c2ccc(F)c(-c3c(F)cc(C(O)CO)cc3F)n2)C1. The molecule has 2 aromatic heterocycles. The molecule has 4 rings (SSSR count). The van der Waals surface area contributed by atoms with Crippen LogP contribution in [0.4, 0.5) is 18.9 Å². The number of carbonyl (C=O) groups is 1. The van der Waals surface area contributed by atoms with Gasteiger partial charge in [0.05, 0.1) is 24.1 Å². The van der Waals surface area contributed by atoms with Gasteiger partial charge in [-0.15, -0.1) is 0 Å². The number of aliphatic hydroxyl groups is 2. The molecule has 1 aliphatic rings. The van der Waals surface area contributed by atoms with Gasteiger partial charge in [0, 0.05) is 12.2 Å². The topological polar surface area (TPSA) is 121 Å². The standard InChI is InChI=1S/C26H27F3N4O3/c1-13-6-14(8-16(30)7-13)17-4-5-31-11-22(17)33-26(36)21-3-2-18(27)25(32-21)24-19(28)9-15(10-20(24)29)23(35)12-34/h2-5,9-11,13-14,16,23,34-35H,6-8,12,30H2,1H3,(H,33,36). The number of nitrogens with two attached hydrogens (primary N) is 1. The highest BCUT2D eigenvalue weighted by molar-refractivity contribution is 6.03. The smallest absolute Gasteiger partial charge is 0.274 e. The molecule has 1 saturated carbocycles. The Bertz CT molecular complexity index is 1240. The fourth-order valence-electron chi connectivity index (χ4n) is 4.82. The van der Waals surface area contributed by atoms with Crippen LogP contribution in [-0.2, 0) is 0 Å². The molecular weight excluding hydrogens is 473 g/mol. The van der Waals surface area contributed by atoms with Crippen molar-refractivity contribution < 1.29 is 28.2 Å². The van der Waals surface area contributed by atoms with Gasteiger partial charge >= 0.3 is 0 Å². The highest BCUT2D eigenvalue weighted by atomic mass is 19.1. The molecule has 0 bridgehead atoms. The van der Waals surface area contributed by atoms with Crippen molar-refractivity contribution in [1.82, 2.24) is 9.97 Å². The van der Waals surface area contributed by atoms with Crippen LogP contribution in [0.2, 0.25) is 0 Å². The van der Waals surface area contributed by atoms with E-state index in [2.05, 4.69) is 22.2 Å². The van der Waals surface area contributed by atoms with E-state index in [0.29, 0.717) is 11.6 Å². The monoisotopic (exact) mass is 500 g/mol. The Labute approximate surface area is 206 Å². The zero-order valence-corrected chi connectivity index (χ0v) is 19.6. The molecule has 10 heteroatoms. The van der Waals surface area contributed by atoms with Gasteiger partial charge in [-0.25, -0.2) is 18.2 Å². The molecule has 4 unspecified atom stereocenters. The van der Waals surface area contributed by atoms with Crippen molar-refractivity contribution in [2.24, 2.45) is 11.7 Å². The first-order valence-electron chi connectivity index (χ1n) is 11.6. The summed E-state index contributed by atoms with van der Waals surface area (Å²) in [5, 5.41) is 21.4. The number of pyridine rings is 2. The van der Waals surface area contributed by atoms with Crippen LogP contribution in [0.15, 0.2) is 42.7 Å². The molecule has 7 nitrogen and oxygen atoms in total. The average molecular weight is 501 g/mol. The van der Waals surface area contributed by atoms with Crippen LogP contribution in [-0.4, -0.2) is 38.7 Å².